The van der Waals surface area contributed by atoms with E-state index in [0.717, 1.165) is 44.5 Å². The van der Waals surface area contributed by atoms with Gasteiger partial charge in [0.25, 0.3) is 0 Å². The average molecular weight is 467 g/mol. The van der Waals surface area contributed by atoms with Crippen LogP contribution in [0.5, 0.6) is 0 Å². The quantitative estimate of drug-likeness (QED) is 0.347. The molecule has 0 aromatic rings. The molecule has 2 aliphatic carbocycles. The predicted molar refractivity (Wildman–Crippen MR) is 106 cm³/mol. The lowest BCUT2D eigenvalue weighted by Gasteiger charge is -2.34. The summed E-state index contributed by atoms with van der Waals surface area (Å²) in [5.41, 5.74) is -0.449. The maximum Gasteiger partial charge on any atom is 0.380 e. The van der Waals surface area contributed by atoms with Gasteiger partial charge in [0.15, 0.2) is 0 Å². The largest absolute Gasteiger partial charge is 0.381 e. The van der Waals surface area contributed by atoms with Gasteiger partial charge in [-0.3, -0.25) is 0 Å². The predicted octanol–water partition coefficient (Wildman–Crippen LogP) is 7.29. The minimum atomic E-state index is -5.45. The Kier molecular flexibility index (Phi) is 4.64. The Morgan fingerprint density at radius 2 is 1.13 bits per heavy atom. The fourth-order valence-corrected chi connectivity index (χ4v) is 8.19. The smallest absolute Gasteiger partial charge is 0.380 e. The number of ether oxygens (including phenoxy) is 1. The van der Waals surface area contributed by atoms with Gasteiger partial charge in [-0.2, -0.15) is 26.3 Å². The standard InChI is InChI=1S/C21H20F6OS2/c1-9-11-5-3-7-28-8-4-6-12-10(2)30-18-14(12)13(11)17(29-9)15-16(18)20(24,25)21(26,27)19(15,22)23/h13-14H,3-8H2,1-2H3. The van der Waals surface area contributed by atoms with Crippen molar-refractivity contribution in [1.29, 1.82) is 0 Å². The van der Waals surface area contributed by atoms with Crippen molar-refractivity contribution < 1.29 is 31.1 Å². The van der Waals surface area contributed by atoms with Crippen molar-refractivity contribution >= 4 is 23.5 Å². The summed E-state index contributed by atoms with van der Waals surface area (Å²) >= 11 is 1.96. The molecule has 0 bridgehead atoms. The van der Waals surface area contributed by atoms with E-state index in [1.807, 2.05) is 0 Å². The van der Waals surface area contributed by atoms with Gasteiger partial charge in [-0.25, -0.2) is 0 Å². The van der Waals surface area contributed by atoms with Gasteiger partial charge in [0.2, 0.25) is 0 Å². The summed E-state index contributed by atoms with van der Waals surface area (Å²) in [4.78, 5) is 1.51. The Hall–Kier alpha value is -0.800. The van der Waals surface area contributed by atoms with Gasteiger partial charge >= 0.3 is 17.8 Å². The molecule has 2 fully saturated rings. The Morgan fingerprint density at radius 1 is 0.733 bits per heavy atom. The van der Waals surface area contributed by atoms with Gasteiger partial charge in [-0.1, -0.05) is 34.7 Å². The number of allylic oxidation sites excluding steroid dienone is 8. The average Bonchev–Trinajstić information content (AvgIpc) is 3.16. The minimum absolute atomic E-state index is 0.000986. The summed E-state index contributed by atoms with van der Waals surface area (Å²) in [6.07, 6.45) is 2.52. The fraction of sp³-hybridized carbons (Fsp3) is 0.619. The number of alkyl halides is 6. The van der Waals surface area contributed by atoms with Crippen molar-refractivity contribution in [3.8, 4) is 0 Å². The fourth-order valence-electron chi connectivity index (χ4n) is 5.34. The second-order valence-electron chi connectivity index (χ2n) is 8.34. The molecule has 2 atom stereocenters. The molecule has 0 spiro atoms. The zero-order valence-corrected chi connectivity index (χ0v) is 18.0. The van der Waals surface area contributed by atoms with Crippen LogP contribution in [0.3, 0.4) is 0 Å². The topological polar surface area (TPSA) is 9.23 Å². The SMILES string of the molecule is CC1=C2CCCOCCCC3=C(C)SC4=C5C(=C(S1)C2C34)C(F)(F)C(F)(F)C5(F)F. The molecule has 0 radical (unpaired) electrons. The van der Waals surface area contributed by atoms with Gasteiger partial charge in [-0.05, 0) is 49.3 Å². The van der Waals surface area contributed by atoms with Crippen LogP contribution >= 0.6 is 23.5 Å². The van der Waals surface area contributed by atoms with Crippen LogP contribution in [0.15, 0.2) is 41.9 Å². The zero-order valence-electron chi connectivity index (χ0n) is 16.4. The van der Waals surface area contributed by atoms with Crippen LogP contribution < -0.4 is 0 Å². The van der Waals surface area contributed by atoms with E-state index in [2.05, 4.69) is 0 Å². The first-order chi connectivity index (χ1) is 14.0. The molecule has 3 aliphatic heterocycles. The van der Waals surface area contributed by atoms with Crippen LogP contribution in [0.2, 0.25) is 0 Å². The monoisotopic (exact) mass is 466 g/mol. The van der Waals surface area contributed by atoms with Crippen molar-refractivity contribution in [2.24, 2.45) is 11.8 Å². The maximum atomic E-state index is 14.9. The van der Waals surface area contributed by atoms with Crippen molar-refractivity contribution in [1.82, 2.24) is 0 Å². The second-order valence-corrected chi connectivity index (χ2v) is 10.9. The molecule has 0 N–H and O–H groups in total. The summed E-state index contributed by atoms with van der Waals surface area (Å²) in [6.45, 7) is 4.59. The van der Waals surface area contributed by atoms with Gasteiger partial charge in [0, 0.05) is 46.0 Å². The van der Waals surface area contributed by atoms with Gasteiger partial charge < -0.3 is 4.74 Å². The molecule has 5 rings (SSSR count). The summed E-state index contributed by atoms with van der Waals surface area (Å²) in [6, 6.07) is 0. The molecule has 0 aromatic heterocycles. The van der Waals surface area contributed by atoms with E-state index in [4.69, 9.17) is 4.74 Å². The lowest BCUT2D eigenvalue weighted by molar-refractivity contribution is -0.258. The molecule has 0 aromatic carbocycles. The number of thioether (sulfide) groups is 2. The van der Waals surface area contributed by atoms with E-state index in [-0.39, 0.29) is 9.81 Å². The molecule has 5 aliphatic rings. The Labute approximate surface area is 179 Å². The molecule has 1 saturated carbocycles. The molecular weight excluding hydrogens is 446 g/mol. The molecule has 3 heterocycles. The van der Waals surface area contributed by atoms with Crippen LogP contribution in [0.25, 0.3) is 0 Å². The molecule has 164 valence electrons. The first-order valence-corrected chi connectivity index (χ1v) is 11.6. The molecule has 2 unspecified atom stereocenters. The normalized spacial score (nSPS) is 34.4. The highest BCUT2D eigenvalue weighted by Crippen LogP contribution is 2.73. The third-order valence-electron chi connectivity index (χ3n) is 6.71. The lowest BCUT2D eigenvalue weighted by atomic mass is 9.72. The van der Waals surface area contributed by atoms with Crippen LogP contribution in [-0.4, -0.2) is 31.0 Å². The van der Waals surface area contributed by atoms with E-state index in [9.17, 15) is 26.3 Å². The third-order valence-corrected chi connectivity index (χ3v) is 9.20. The number of hydrogen-bond donors (Lipinski definition) is 0. The Balaban J connectivity index is 1.79. The highest BCUT2D eigenvalue weighted by Gasteiger charge is 2.83. The number of hydrogen-bond acceptors (Lipinski definition) is 3. The minimum Gasteiger partial charge on any atom is -0.381 e. The van der Waals surface area contributed by atoms with Crippen LogP contribution in [0.4, 0.5) is 26.3 Å². The number of fused-ring (bicyclic) bond motifs is 1. The van der Waals surface area contributed by atoms with Crippen molar-refractivity contribution in [2.45, 2.75) is 57.3 Å². The Morgan fingerprint density at radius 3 is 1.53 bits per heavy atom. The molecule has 0 amide bonds. The first-order valence-electron chi connectivity index (χ1n) is 9.97. The van der Waals surface area contributed by atoms with Crippen molar-refractivity contribution in [3.63, 3.8) is 0 Å². The van der Waals surface area contributed by atoms with E-state index < -0.39 is 40.7 Å². The van der Waals surface area contributed by atoms with E-state index in [1.54, 1.807) is 13.8 Å². The first kappa shape index (κ1) is 21.1. The zero-order chi connectivity index (χ0) is 21.6. The highest BCUT2D eigenvalue weighted by molar-refractivity contribution is 8.07. The van der Waals surface area contributed by atoms with Crippen molar-refractivity contribution in [2.75, 3.05) is 13.2 Å². The Bertz CT molecular complexity index is 885. The molecule has 30 heavy (non-hydrogen) atoms. The molecule has 1 nitrogen and oxygen atoms in total. The molecular formula is C21H20F6OS2. The van der Waals surface area contributed by atoms with E-state index in [1.165, 1.54) is 0 Å². The molecule has 9 heteroatoms. The summed E-state index contributed by atoms with van der Waals surface area (Å²) in [5.74, 6) is -16.4. The lowest BCUT2D eigenvalue weighted by Crippen LogP contribution is -2.47. The highest BCUT2D eigenvalue weighted by atomic mass is 32.2. The van der Waals surface area contributed by atoms with Gasteiger partial charge in [-0.15, -0.1) is 0 Å². The van der Waals surface area contributed by atoms with Crippen LogP contribution in [0.1, 0.15) is 39.5 Å². The summed E-state index contributed by atoms with van der Waals surface area (Å²) in [7, 11) is 0. The number of rotatable bonds is 0. The van der Waals surface area contributed by atoms with E-state index >= 15 is 0 Å². The van der Waals surface area contributed by atoms with Gasteiger partial charge in [0.05, 0.1) is 0 Å². The molecule has 1 saturated heterocycles. The van der Waals surface area contributed by atoms with Crippen molar-refractivity contribution in [3.05, 3.63) is 41.9 Å². The second kappa shape index (κ2) is 6.61. The van der Waals surface area contributed by atoms with Crippen LogP contribution in [-0.2, 0) is 4.74 Å². The van der Waals surface area contributed by atoms with Crippen LogP contribution in [0, 0.1) is 11.8 Å². The summed E-state index contributed by atoms with van der Waals surface area (Å²) < 4.78 is 94.2. The van der Waals surface area contributed by atoms with Gasteiger partial charge in [0.1, 0.15) is 0 Å². The third kappa shape index (κ3) is 2.46. The number of halogens is 6. The summed E-state index contributed by atoms with van der Waals surface area (Å²) in [5, 5.41) is 0. The van der Waals surface area contributed by atoms with E-state index in [0.29, 0.717) is 38.9 Å². The maximum absolute atomic E-state index is 14.9.